The van der Waals surface area contributed by atoms with Crippen LogP contribution in [0, 0.1) is 22.7 Å². The summed E-state index contributed by atoms with van der Waals surface area (Å²) in [7, 11) is 0. The van der Waals surface area contributed by atoms with Gasteiger partial charge >= 0.3 is 0 Å². The quantitative estimate of drug-likeness (QED) is 0.484. The van der Waals surface area contributed by atoms with Crippen LogP contribution in [0.15, 0.2) is 0 Å². The molecule has 0 N–H and O–H groups in total. The van der Waals surface area contributed by atoms with Gasteiger partial charge in [-0.3, -0.25) is 0 Å². The predicted molar refractivity (Wildman–Crippen MR) is 95.7 cm³/mol. The first-order chi connectivity index (χ1) is 9.32. The van der Waals surface area contributed by atoms with Crippen LogP contribution >= 0.6 is 0 Å². The van der Waals surface area contributed by atoms with Crippen molar-refractivity contribution in [3.63, 3.8) is 0 Å². The zero-order valence-corrected chi connectivity index (χ0v) is 16.5. The minimum atomic E-state index is 0.398. The van der Waals surface area contributed by atoms with Gasteiger partial charge in [0.25, 0.3) is 0 Å². The lowest BCUT2D eigenvalue weighted by atomic mass is 9.86. The molecular formula is C20H42O. The van der Waals surface area contributed by atoms with E-state index in [-0.39, 0.29) is 0 Å². The molecule has 128 valence electrons. The molecule has 0 aromatic heterocycles. The maximum atomic E-state index is 6.56. The molecule has 0 aliphatic carbocycles. The van der Waals surface area contributed by atoms with Crippen molar-refractivity contribution >= 4 is 0 Å². The van der Waals surface area contributed by atoms with Gasteiger partial charge < -0.3 is 4.74 Å². The third-order valence-corrected chi connectivity index (χ3v) is 4.19. The van der Waals surface area contributed by atoms with E-state index in [0.717, 1.165) is 0 Å². The Morgan fingerprint density at radius 3 is 1.10 bits per heavy atom. The molecule has 0 spiro atoms. The fraction of sp³-hybridized carbons (Fsp3) is 1.00. The van der Waals surface area contributed by atoms with Crippen molar-refractivity contribution in [2.45, 2.75) is 107 Å². The van der Waals surface area contributed by atoms with Gasteiger partial charge in [-0.1, -0.05) is 69.2 Å². The van der Waals surface area contributed by atoms with Crippen molar-refractivity contribution in [2.75, 3.05) is 0 Å². The first-order valence-electron chi connectivity index (χ1n) is 8.97. The molecule has 0 rings (SSSR count). The topological polar surface area (TPSA) is 9.23 Å². The summed E-state index contributed by atoms with van der Waals surface area (Å²) < 4.78 is 6.56. The summed E-state index contributed by atoms with van der Waals surface area (Å²) in [6.07, 6.45) is 5.63. The molecule has 0 amide bonds. The molecule has 2 unspecified atom stereocenters. The van der Waals surface area contributed by atoms with Crippen molar-refractivity contribution in [3.05, 3.63) is 0 Å². The summed E-state index contributed by atoms with van der Waals surface area (Å²) in [6.45, 7) is 23.1. The molecule has 0 aromatic carbocycles. The average Bonchev–Trinajstić information content (AvgIpc) is 2.24. The summed E-state index contributed by atoms with van der Waals surface area (Å²) >= 11 is 0. The highest BCUT2D eigenvalue weighted by Crippen LogP contribution is 2.29. The van der Waals surface area contributed by atoms with E-state index in [1.165, 1.54) is 25.7 Å². The molecule has 0 fully saturated rings. The minimum absolute atomic E-state index is 0.398. The Balaban J connectivity index is 4.60. The predicted octanol–water partition coefficient (Wildman–Crippen LogP) is 6.70. The molecule has 0 aromatic rings. The standard InChI is InChI=1S/C20H42O/c1-15(2)17(11-13-19(5,6)7)21-18(16(3)4)12-14-20(8,9)10/h15-18H,11-14H2,1-10H3. The first-order valence-corrected chi connectivity index (χ1v) is 8.97. The molecule has 0 radical (unpaired) electrons. The molecule has 1 heteroatoms. The van der Waals surface area contributed by atoms with Crippen LogP contribution in [-0.2, 0) is 4.74 Å². The van der Waals surface area contributed by atoms with E-state index in [9.17, 15) is 0 Å². The molecule has 0 aliphatic heterocycles. The lowest BCUT2D eigenvalue weighted by molar-refractivity contribution is -0.0702. The van der Waals surface area contributed by atoms with Gasteiger partial charge in [0, 0.05) is 0 Å². The van der Waals surface area contributed by atoms with E-state index in [1.54, 1.807) is 0 Å². The van der Waals surface area contributed by atoms with Crippen molar-refractivity contribution < 1.29 is 4.74 Å². The maximum Gasteiger partial charge on any atom is 0.0602 e. The highest BCUT2D eigenvalue weighted by Gasteiger charge is 2.25. The summed E-state index contributed by atoms with van der Waals surface area (Å²) in [5.41, 5.74) is 0.796. The number of hydrogen-bond donors (Lipinski definition) is 0. The third kappa shape index (κ3) is 11.2. The monoisotopic (exact) mass is 298 g/mol. The van der Waals surface area contributed by atoms with Crippen LogP contribution < -0.4 is 0 Å². The summed E-state index contributed by atoms with van der Waals surface area (Å²) in [5.74, 6) is 1.20. The SMILES string of the molecule is CC(C)C(CCC(C)(C)C)OC(CCC(C)(C)C)C(C)C. The molecule has 0 saturated heterocycles. The van der Waals surface area contributed by atoms with Crippen molar-refractivity contribution in [1.82, 2.24) is 0 Å². The van der Waals surface area contributed by atoms with E-state index in [1.807, 2.05) is 0 Å². The molecule has 0 saturated carbocycles. The second-order valence-electron chi connectivity index (χ2n) is 9.90. The normalized spacial score (nSPS) is 16.6. The van der Waals surface area contributed by atoms with Crippen LogP contribution in [0.2, 0.25) is 0 Å². The Morgan fingerprint density at radius 2 is 0.905 bits per heavy atom. The lowest BCUT2D eigenvalue weighted by Crippen LogP contribution is -2.31. The molecular weight excluding hydrogens is 256 g/mol. The Kier molecular flexibility index (Phi) is 8.54. The van der Waals surface area contributed by atoms with Gasteiger partial charge in [-0.25, -0.2) is 0 Å². The van der Waals surface area contributed by atoms with Crippen molar-refractivity contribution in [3.8, 4) is 0 Å². The molecule has 1 nitrogen and oxygen atoms in total. The summed E-state index contributed by atoms with van der Waals surface area (Å²) in [5, 5.41) is 0. The van der Waals surface area contributed by atoms with E-state index in [2.05, 4.69) is 69.2 Å². The van der Waals surface area contributed by atoms with E-state index < -0.39 is 0 Å². The zero-order chi connectivity index (χ0) is 16.8. The van der Waals surface area contributed by atoms with Crippen molar-refractivity contribution in [1.29, 1.82) is 0 Å². The largest absolute Gasteiger partial charge is 0.374 e. The highest BCUT2D eigenvalue weighted by atomic mass is 16.5. The van der Waals surface area contributed by atoms with Gasteiger partial charge in [-0.2, -0.15) is 0 Å². The van der Waals surface area contributed by atoms with Crippen LogP contribution in [0.5, 0.6) is 0 Å². The zero-order valence-electron chi connectivity index (χ0n) is 16.5. The smallest absolute Gasteiger partial charge is 0.0602 e. The Bertz CT molecular complexity index is 237. The lowest BCUT2D eigenvalue weighted by Gasteiger charge is -2.33. The minimum Gasteiger partial charge on any atom is -0.374 e. The van der Waals surface area contributed by atoms with Gasteiger partial charge in [0.1, 0.15) is 0 Å². The number of hydrogen-bond acceptors (Lipinski definition) is 1. The second kappa shape index (κ2) is 8.56. The van der Waals surface area contributed by atoms with E-state index in [4.69, 9.17) is 4.74 Å². The van der Waals surface area contributed by atoms with Crippen LogP contribution in [-0.4, -0.2) is 12.2 Å². The first kappa shape index (κ1) is 21.0. The second-order valence-corrected chi connectivity index (χ2v) is 9.90. The Hall–Kier alpha value is -0.0400. The fourth-order valence-electron chi connectivity index (χ4n) is 2.49. The molecule has 21 heavy (non-hydrogen) atoms. The van der Waals surface area contributed by atoms with Crippen LogP contribution in [0.1, 0.15) is 94.9 Å². The molecule has 0 heterocycles. The van der Waals surface area contributed by atoms with Crippen molar-refractivity contribution in [2.24, 2.45) is 22.7 Å². The molecule has 0 bridgehead atoms. The van der Waals surface area contributed by atoms with E-state index >= 15 is 0 Å². The summed E-state index contributed by atoms with van der Waals surface area (Å²) in [4.78, 5) is 0. The van der Waals surface area contributed by atoms with Crippen LogP contribution in [0.4, 0.5) is 0 Å². The third-order valence-electron chi connectivity index (χ3n) is 4.19. The molecule has 2 atom stereocenters. The van der Waals surface area contributed by atoms with Gasteiger partial charge in [0.05, 0.1) is 12.2 Å². The van der Waals surface area contributed by atoms with Gasteiger partial charge in [0.2, 0.25) is 0 Å². The van der Waals surface area contributed by atoms with Gasteiger partial charge in [-0.15, -0.1) is 0 Å². The van der Waals surface area contributed by atoms with Gasteiger partial charge in [-0.05, 0) is 48.3 Å². The Labute approximate surface area is 135 Å². The highest BCUT2D eigenvalue weighted by molar-refractivity contribution is 4.74. The number of ether oxygens (including phenoxy) is 1. The number of rotatable bonds is 8. The summed E-state index contributed by atoms with van der Waals surface area (Å²) in [6, 6.07) is 0. The Morgan fingerprint density at radius 1 is 0.619 bits per heavy atom. The fourth-order valence-corrected chi connectivity index (χ4v) is 2.49. The molecule has 0 aliphatic rings. The van der Waals surface area contributed by atoms with Gasteiger partial charge in [0.15, 0.2) is 0 Å². The van der Waals surface area contributed by atoms with Crippen LogP contribution in [0.25, 0.3) is 0 Å². The van der Waals surface area contributed by atoms with Crippen LogP contribution in [0.3, 0.4) is 0 Å². The average molecular weight is 299 g/mol. The maximum absolute atomic E-state index is 6.56. The van der Waals surface area contributed by atoms with E-state index in [0.29, 0.717) is 34.9 Å².